The zero-order chi connectivity index (χ0) is 20.8. The number of aromatic nitrogens is 2. The molecule has 1 aliphatic rings. The van der Waals surface area contributed by atoms with Crippen LogP contribution in [0, 0.1) is 0 Å². The van der Waals surface area contributed by atoms with E-state index in [2.05, 4.69) is 14.9 Å². The SMILES string of the molecule is Cn1ccc2cc(Nc3ncc(C4CC4)cc3C(=O)O)cc(-c3cccc(Cl)c3)c21. The minimum absolute atomic E-state index is 0.192. The molecular weight excluding hydrogens is 398 g/mol. The number of benzene rings is 2. The molecule has 0 saturated heterocycles. The van der Waals surface area contributed by atoms with Crippen LogP contribution >= 0.6 is 11.6 Å². The summed E-state index contributed by atoms with van der Waals surface area (Å²) in [4.78, 5) is 16.3. The third-order valence-electron chi connectivity index (χ3n) is 5.56. The number of carboxylic acids is 1. The molecule has 1 fully saturated rings. The number of nitrogens with one attached hydrogen (secondary N) is 1. The van der Waals surface area contributed by atoms with Crippen molar-refractivity contribution in [3.63, 3.8) is 0 Å². The fraction of sp³-hybridized carbons (Fsp3) is 0.167. The summed E-state index contributed by atoms with van der Waals surface area (Å²) in [5, 5.41) is 14.7. The maximum atomic E-state index is 11.9. The van der Waals surface area contributed by atoms with Gasteiger partial charge < -0.3 is 15.0 Å². The standard InChI is InChI=1S/C24H20ClN3O2/c1-28-8-7-16-10-19(12-20(22(16)28)15-3-2-4-18(25)9-15)27-23-21(24(29)30)11-17(13-26-23)14-5-6-14/h2-4,7-14H,5-6H2,1H3,(H,26,27)(H,29,30). The van der Waals surface area contributed by atoms with Gasteiger partial charge in [-0.2, -0.15) is 0 Å². The summed E-state index contributed by atoms with van der Waals surface area (Å²) < 4.78 is 2.07. The summed E-state index contributed by atoms with van der Waals surface area (Å²) in [5.41, 5.74) is 5.05. The molecule has 0 aliphatic heterocycles. The monoisotopic (exact) mass is 417 g/mol. The van der Waals surface area contributed by atoms with Crippen molar-refractivity contribution in [2.24, 2.45) is 7.05 Å². The maximum Gasteiger partial charge on any atom is 0.339 e. The molecule has 5 rings (SSSR count). The van der Waals surface area contributed by atoms with Crippen molar-refractivity contribution in [1.82, 2.24) is 9.55 Å². The van der Waals surface area contributed by atoms with E-state index in [1.54, 1.807) is 12.3 Å². The summed E-state index contributed by atoms with van der Waals surface area (Å²) in [7, 11) is 2.00. The Bertz CT molecular complexity index is 1290. The number of fused-ring (bicyclic) bond motifs is 1. The van der Waals surface area contributed by atoms with E-state index >= 15 is 0 Å². The van der Waals surface area contributed by atoms with Gasteiger partial charge in [-0.1, -0.05) is 23.7 Å². The van der Waals surface area contributed by atoms with Crippen molar-refractivity contribution in [3.05, 3.63) is 77.1 Å². The van der Waals surface area contributed by atoms with Gasteiger partial charge >= 0.3 is 5.97 Å². The number of halogens is 1. The summed E-state index contributed by atoms with van der Waals surface area (Å²) in [6.45, 7) is 0. The predicted molar refractivity (Wildman–Crippen MR) is 120 cm³/mol. The topological polar surface area (TPSA) is 67.2 Å². The van der Waals surface area contributed by atoms with Gasteiger partial charge in [0.05, 0.1) is 5.52 Å². The van der Waals surface area contributed by atoms with Gasteiger partial charge in [-0.15, -0.1) is 0 Å². The first-order valence-corrected chi connectivity index (χ1v) is 10.2. The van der Waals surface area contributed by atoms with Crippen LogP contribution in [0.25, 0.3) is 22.0 Å². The second kappa shape index (κ2) is 7.18. The highest BCUT2D eigenvalue weighted by molar-refractivity contribution is 6.30. The van der Waals surface area contributed by atoms with Gasteiger partial charge in [0.2, 0.25) is 0 Å². The lowest BCUT2D eigenvalue weighted by atomic mass is 10.0. The van der Waals surface area contributed by atoms with E-state index < -0.39 is 5.97 Å². The minimum atomic E-state index is -0.983. The number of carbonyl (C=O) groups is 1. The molecule has 0 bridgehead atoms. The molecule has 0 spiro atoms. The molecule has 1 saturated carbocycles. The Hall–Kier alpha value is -3.31. The van der Waals surface area contributed by atoms with E-state index in [0.29, 0.717) is 16.8 Å². The van der Waals surface area contributed by atoms with Gasteiger partial charge in [-0.05, 0) is 66.3 Å². The zero-order valence-corrected chi connectivity index (χ0v) is 17.1. The van der Waals surface area contributed by atoms with E-state index in [1.807, 2.05) is 55.7 Å². The largest absolute Gasteiger partial charge is 0.478 e. The molecule has 0 atom stereocenters. The van der Waals surface area contributed by atoms with Crippen LogP contribution in [0.3, 0.4) is 0 Å². The Morgan fingerprint density at radius 1 is 1.20 bits per heavy atom. The van der Waals surface area contributed by atoms with Crippen molar-refractivity contribution in [2.45, 2.75) is 18.8 Å². The summed E-state index contributed by atoms with van der Waals surface area (Å²) in [6.07, 6.45) is 5.99. The molecule has 0 amide bonds. The average molecular weight is 418 g/mol. The van der Waals surface area contributed by atoms with Gasteiger partial charge in [-0.25, -0.2) is 9.78 Å². The highest BCUT2D eigenvalue weighted by Gasteiger charge is 2.26. The van der Waals surface area contributed by atoms with Crippen LogP contribution in [0.2, 0.25) is 5.02 Å². The molecule has 5 nitrogen and oxygen atoms in total. The van der Waals surface area contributed by atoms with E-state index in [0.717, 1.165) is 46.1 Å². The average Bonchev–Trinajstić information content (AvgIpc) is 3.51. The van der Waals surface area contributed by atoms with E-state index in [4.69, 9.17) is 11.6 Å². The fourth-order valence-electron chi connectivity index (χ4n) is 3.91. The third kappa shape index (κ3) is 3.42. The van der Waals surface area contributed by atoms with Crippen LogP contribution < -0.4 is 5.32 Å². The Balaban J connectivity index is 1.61. The van der Waals surface area contributed by atoms with Gasteiger partial charge in [0.1, 0.15) is 11.4 Å². The number of rotatable bonds is 5. The van der Waals surface area contributed by atoms with E-state index in [-0.39, 0.29) is 5.56 Å². The smallest absolute Gasteiger partial charge is 0.339 e. The summed E-state index contributed by atoms with van der Waals surface area (Å²) >= 11 is 6.23. The first kappa shape index (κ1) is 18.7. The lowest BCUT2D eigenvalue weighted by Gasteiger charge is -2.14. The number of pyridine rings is 1. The number of carboxylic acid groups (broad SMARTS) is 1. The molecule has 2 heterocycles. The molecule has 150 valence electrons. The molecule has 1 aliphatic carbocycles. The van der Waals surface area contributed by atoms with Crippen molar-refractivity contribution in [2.75, 3.05) is 5.32 Å². The van der Waals surface area contributed by atoms with E-state index in [1.165, 1.54) is 0 Å². The number of nitrogens with zero attached hydrogens (tertiary/aromatic N) is 2. The van der Waals surface area contributed by atoms with Crippen LogP contribution in [-0.2, 0) is 7.05 Å². The zero-order valence-electron chi connectivity index (χ0n) is 16.4. The normalized spacial score (nSPS) is 13.5. The number of aryl methyl sites for hydroxylation is 1. The lowest BCUT2D eigenvalue weighted by molar-refractivity contribution is 0.0697. The third-order valence-corrected chi connectivity index (χ3v) is 5.79. The molecule has 4 aromatic rings. The maximum absolute atomic E-state index is 11.9. The molecule has 0 unspecified atom stereocenters. The van der Waals surface area contributed by atoms with Crippen molar-refractivity contribution in [1.29, 1.82) is 0 Å². The first-order valence-electron chi connectivity index (χ1n) is 9.85. The van der Waals surface area contributed by atoms with E-state index in [9.17, 15) is 9.90 Å². The van der Waals surface area contributed by atoms with Crippen LogP contribution in [-0.4, -0.2) is 20.6 Å². The van der Waals surface area contributed by atoms with Gasteiger partial charge in [0.15, 0.2) is 0 Å². The first-order chi connectivity index (χ1) is 14.5. The number of hydrogen-bond donors (Lipinski definition) is 2. The Morgan fingerprint density at radius 3 is 2.77 bits per heavy atom. The Kier molecular flexibility index (Phi) is 4.48. The van der Waals surface area contributed by atoms with Crippen LogP contribution in [0.5, 0.6) is 0 Å². The lowest BCUT2D eigenvalue weighted by Crippen LogP contribution is -2.06. The quantitative estimate of drug-likeness (QED) is 0.405. The molecule has 2 N–H and O–H groups in total. The highest BCUT2D eigenvalue weighted by Crippen LogP contribution is 2.41. The van der Waals surface area contributed by atoms with Crippen LogP contribution in [0.15, 0.2) is 60.9 Å². The predicted octanol–water partition coefficient (Wildman–Crippen LogP) is 6.21. The number of anilines is 2. The van der Waals surface area contributed by atoms with Crippen LogP contribution in [0.4, 0.5) is 11.5 Å². The Morgan fingerprint density at radius 2 is 2.03 bits per heavy atom. The van der Waals surface area contributed by atoms with Crippen molar-refractivity contribution < 1.29 is 9.90 Å². The molecular formula is C24H20ClN3O2. The van der Waals surface area contributed by atoms with Crippen molar-refractivity contribution >= 4 is 40.0 Å². The fourth-order valence-corrected chi connectivity index (χ4v) is 4.10. The highest BCUT2D eigenvalue weighted by atomic mass is 35.5. The molecule has 0 radical (unpaired) electrons. The van der Waals surface area contributed by atoms with Gasteiger partial charge in [-0.3, -0.25) is 0 Å². The Labute approximate surface area is 178 Å². The second-order valence-electron chi connectivity index (χ2n) is 7.77. The van der Waals surface area contributed by atoms with Crippen molar-refractivity contribution in [3.8, 4) is 11.1 Å². The molecule has 30 heavy (non-hydrogen) atoms. The number of aromatic carboxylic acids is 1. The van der Waals surface area contributed by atoms with Gasteiger partial charge in [0, 0.05) is 41.1 Å². The molecule has 2 aromatic heterocycles. The molecule has 2 aromatic carbocycles. The second-order valence-corrected chi connectivity index (χ2v) is 8.20. The summed E-state index contributed by atoms with van der Waals surface area (Å²) in [5.74, 6) is -0.192. The van der Waals surface area contributed by atoms with Gasteiger partial charge in [0.25, 0.3) is 0 Å². The summed E-state index contributed by atoms with van der Waals surface area (Å²) in [6, 6.07) is 15.5. The molecule has 6 heteroatoms. The van der Waals surface area contributed by atoms with Crippen LogP contribution in [0.1, 0.15) is 34.7 Å². The number of hydrogen-bond acceptors (Lipinski definition) is 3. The minimum Gasteiger partial charge on any atom is -0.478 e.